The Morgan fingerprint density at radius 2 is 2.00 bits per heavy atom. The maximum atomic E-state index is 12.6. The molecule has 122 valence electrons. The van der Waals surface area contributed by atoms with Crippen LogP contribution in [0.2, 0.25) is 0 Å². The van der Waals surface area contributed by atoms with Gasteiger partial charge in [-0.05, 0) is 39.3 Å². The van der Waals surface area contributed by atoms with E-state index in [4.69, 9.17) is 4.74 Å². The third kappa shape index (κ3) is 4.66. The Kier molecular flexibility index (Phi) is 6.93. The number of carbonyl (C=O) groups excluding carboxylic acids is 1. The maximum absolute atomic E-state index is 12.6. The monoisotopic (exact) mass is 297 g/mol. The molecule has 0 radical (unpaired) electrons. The van der Waals surface area contributed by atoms with Crippen molar-refractivity contribution in [3.05, 3.63) is 0 Å². The number of rotatable bonds is 6. The summed E-state index contributed by atoms with van der Waals surface area (Å²) in [6.45, 7) is 11.6. The molecular weight excluding hydrogens is 266 g/mol. The van der Waals surface area contributed by atoms with E-state index in [2.05, 4.69) is 22.0 Å². The second-order valence-electron chi connectivity index (χ2n) is 6.10. The summed E-state index contributed by atoms with van der Waals surface area (Å²) in [5.74, 6) is 0.637. The van der Waals surface area contributed by atoms with Gasteiger partial charge >= 0.3 is 0 Å². The summed E-state index contributed by atoms with van der Waals surface area (Å²) in [7, 11) is 0. The van der Waals surface area contributed by atoms with Crippen LogP contribution in [-0.4, -0.2) is 74.2 Å². The van der Waals surface area contributed by atoms with E-state index in [1.807, 2.05) is 6.92 Å². The number of piperazine rings is 1. The van der Waals surface area contributed by atoms with Gasteiger partial charge < -0.3 is 15.0 Å². The van der Waals surface area contributed by atoms with Gasteiger partial charge in [-0.2, -0.15) is 0 Å². The highest BCUT2D eigenvalue weighted by atomic mass is 16.5. The van der Waals surface area contributed by atoms with E-state index >= 15 is 0 Å². The quantitative estimate of drug-likeness (QED) is 0.741. The molecule has 21 heavy (non-hydrogen) atoms. The lowest BCUT2D eigenvalue weighted by atomic mass is 9.95. The van der Waals surface area contributed by atoms with E-state index in [-0.39, 0.29) is 5.92 Å². The minimum Gasteiger partial charge on any atom is -0.380 e. The third-order valence-corrected chi connectivity index (χ3v) is 4.80. The Morgan fingerprint density at radius 3 is 2.67 bits per heavy atom. The fourth-order valence-corrected chi connectivity index (χ4v) is 3.43. The van der Waals surface area contributed by atoms with Gasteiger partial charge in [-0.15, -0.1) is 0 Å². The van der Waals surface area contributed by atoms with Crippen molar-refractivity contribution < 1.29 is 9.53 Å². The standard InChI is InChI=1S/C16H31N3O2/c1-3-15-13-19(10-9-18(15)11-12-21-4-2)16(20)14-5-7-17-8-6-14/h14-15,17H,3-13H2,1-2H3. The van der Waals surface area contributed by atoms with Crippen molar-refractivity contribution in [2.75, 3.05) is 52.5 Å². The summed E-state index contributed by atoms with van der Waals surface area (Å²) < 4.78 is 5.47. The van der Waals surface area contributed by atoms with Gasteiger partial charge in [0.25, 0.3) is 0 Å². The van der Waals surface area contributed by atoms with Crippen molar-refractivity contribution in [2.45, 2.75) is 39.2 Å². The van der Waals surface area contributed by atoms with Crippen LogP contribution in [0.15, 0.2) is 0 Å². The lowest BCUT2D eigenvalue weighted by molar-refractivity contribution is -0.139. The summed E-state index contributed by atoms with van der Waals surface area (Å²) in [5, 5.41) is 3.34. The normalized spacial score (nSPS) is 25.2. The molecule has 5 nitrogen and oxygen atoms in total. The molecule has 2 aliphatic heterocycles. The smallest absolute Gasteiger partial charge is 0.225 e. The molecule has 2 heterocycles. The van der Waals surface area contributed by atoms with Crippen LogP contribution >= 0.6 is 0 Å². The summed E-state index contributed by atoms with van der Waals surface area (Å²) >= 11 is 0. The Hall–Kier alpha value is -0.650. The van der Waals surface area contributed by atoms with Gasteiger partial charge in [0.05, 0.1) is 6.61 Å². The zero-order chi connectivity index (χ0) is 15.1. The van der Waals surface area contributed by atoms with Gasteiger partial charge in [0.15, 0.2) is 0 Å². The second-order valence-corrected chi connectivity index (χ2v) is 6.10. The number of hydrogen-bond acceptors (Lipinski definition) is 4. The molecule has 0 bridgehead atoms. The first kappa shape index (κ1) is 16.7. The van der Waals surface area contributed by atoms with E-state index < -0.39 is 0 Å². The van der Waals surface area contributed by atoms with E-state index in [0.717, 1.165) is 71.7 Å². The predicted molar refractivity (Wildman–Crippen MR) is 84.3 cm³/mol. The molecule has 2 fully saturated rings. The van der Waals surface area contributed by atoms with Crippen molar-refractivity contribution in [3.63, 3.8) is 0 Å². The number of nitrogens with one attached hydrogen (secondary N) is 1. The minimum absolute atomic E-state index is 0.249. The Morgan fingerprint density at radius 1 is 1.24 bits per heavy atom. The molecule has 5 heteroatoms. The molecule has 1 unspecified atom stereocenters. The van der Waals surface area contributed by atoms with Crippen molar-refractivity contribution in [2.24, 2.45) is 5.92 Å². The number of amides is 1. The van der Waals surface area contributed by atoms with Crippen molar-refractivity contribution in [1.29, 1.82) is 0 Å². The van der Waals surface area contributed by atoms with Crippen molar-refractivity contribution in [3.8, 4) is 0 Å². The zero-order valence-corrected chi connectivity index (χ0v) is 13.6. The van der Waals surface area contributed by atoms with Crippen LogP contribution in [0.4, 0.5) is 0 Å². The van der Waals surface area contributed by atoms with Crippen LogP contribution in [-0.2, 0) is 9.53 Å². The molecule has 0 aromatic heterocycles. The van der Waals surface area contributed by atoms with Crippen molar-refractivity contribution >= 4 is 5.91 Å². The molecular formula is C16H31N3O2. The number of ether oxygens (including phenoxy) is 1. The Bertz CT molecular complexity index is 319. The van der Waals surface area contributed by atoms with Gasteiger partial charge in [0.1, 0.15) is 0 Å². The van der Waals surface area contributed by atoms with Gasteiger partial charge in [0.2, 0.25) is 5.91 Å². The largest absolute Gasteiger partial charge is 0.380 e. The number of carbonyl (C=O) groups is 1. The molecule has 0 saturated carbocycles. The number of nitrogens with zero attached hydrogens (tertiary/aromatic N) is 2. The first-order valence-corrected chi connectivity index (χ1v) is 8.57. The first-order valence-electron chi connectivity index (χ1n) is 8.57. The van der Waals surface area contributed by atoms with Crippen LogP contribution in [0.1, 0.15) is 33.1 Å². The molecule has 2 saturated heterocycles. The fraction of sp³-hybridized carbons (Fsp3) is 0.938. The van der Waals surface area contributed by atoms with E-state index in [1.165, 1.54) is 0 Å². The molecule has 1 N–H and O–H groups in total. The molecule has 1 amide bonds. The van der Waals surface area contributed by atoms with Crippen LogP contribution < -0.4 is 5.32 Å². The van der Waals surface area contributed by atoms with Gasteiger partial charge in [-0.25, -0.2) is 0 Å². The van der Waals surface area contributed by atoms with Crippen LogP contribution in [0.5, 0.6) is 0 Å². The van der Waals surface area contributed by atoms with Crippen molar-refractivity contribution in [1.82, 2.24) is 15.1 Å². The Labute approximate surface area is 129 Å². The highest BCUT2D eigenvalue weighted by Crippen LogP contribution is 2.19. The molecule has 2 aliphatic rings. The van der Waals surface area contributed by atoms with Gasteiger partial charge in [0, 0.05) is 44.7 Å². The van der Waals surface area contributed by atoms with Crippen LogP contribution in [0, 0.1) is 5.92 Å². The second kappa shape index (κ2) is 8.71. The summed E-state index contributed by atoms with van der Waals surface area (Å²) in [5.41, 5.74) is 0. The Balaban J connectivity index is 1.83. The first-order chi connectivity index (χ1) is 10.3. The van der Waals surface area contributed by atoms with Crippen LogP contribution in [0.25, 0.3) is 0 Å². The third-order valence-electron chi connectivity index (χ3n) is 4.80. The van der Waals surface area contributed by atoms with Gasteiger partial charge in [-0.3, -0.25) is 9.69 Å². The topological polar surface area (TPSA) is 44.8 Å². The zero-order valence-electron chi connectivity index (χ0n) is 13.6. The molecule has 0 aromatic rings. The minimum atomic E-state index is 0.249. The van der Waals surface area contributed by atoms with E-state index in [1.54, 1.807) is 0 Å². The van der Waals surface area contributed by atoms with E-state index in [9.17, 15) is 4.79 Å². The van der Waals surface area contributed by atoms with Crippen LogP contribution in [0.3, 0.4) is 0 Å². The number of piperidine rings is 1. The average molecular weight is 297 g/mol. The lowest BCUT2D eigenvalue weighted by Crippen LogP contribution is -2.56. The summed E-state index contributed by atoms with van der Waals surface area (Å²) in [6, 6.07) is 0.491. The lowest BCUT2D eigenvalue weighted by Gasteiger charge is -2.42. The summed E-state index contributed by atoms with van der Waals surface area (Å²) in [4.78, 5) is 17.2. The predicted octanol–water partition coefficient (Wildman–Crippen LogP) is 0.945. The van der Waals surface area contributed by atoms with Gasteiger partial charge in [-0.1, -0.05) is 6.92 Å². The molecule has 2 rings (SSSR count). The maximum Gasteiger partial charge on any atom is 0.225 e. The summed E-state index contributed by atoms with van der Waals surface area (Å²) in [6.07, 6.45) is 3.10. The molecule has 0 aliphatic carbocycles. The molecule has 1 atom stereocenters. The molecule has 0 aromatic carbocycles. The highest BCUT2D eigenvalue weighted by Gasteiger charge is 2.32. The fourth-order valence-electron chi connectivity index (χ4n) is 3.43. The molecule has 0 spiro atoms. The SMILES string of the molecule is CCOCCN1CCN(C(=O)C2CCNCC2)CC1CC. The van der Waals surface area contributed by atoms with E-state index in [0.29, 0.717) is 11.9 Å². The average Bonchev–Trinajstić information content (AvgIpc) is 2.55. The number of hydrogen-bond donors (Lipinski definition) is 1. The highest BCUT2D eigenvalue weighted by molar-refractivity contribution is 5.79.